The number of hydrogen-bond donors (Lipinski definition) is 0. The predicted molar refractivity (Wildman–Crippen MR) is 62.9 cm³/mol. The molecule has 1 heterocycles. The number of ether oxygens (including phenoxy) is 1. The van der Waals surface area contributed by atoms with Crippen molar-refractivity contribution in [2.75, 3.05) is 13.2 Å². The maximum atomic E-state index is 10.8. The van der Waals surface area contributed by atoms with Gasteiger partial charge in [0.2, 0.25) is 0 Å². The standard InChI is InChI=1S/C13H12N2O3/c14-7-13(5-12(6-13)8-18-9-12)10-2-1-3-11(4-10)15(16)17/h1-4H,5-6,8-9H2. The Balaban J connectivity index is 1.92. The molecule has 92 valence electrons. The zero-order valence-corrected chi connectivity index (χ0v) is 9.76. The first-order chi connectivity index (χ1) is 8.59. The summed E-state index contributed by atoms with van der Waals surface area (Å²) in [5.74, 6) is 0. The molecular formula is C13H12N2O3. The summed E-state index contributed by atoms with van der Waals surface area (Å²) in [4.78, 5) is 10.4. The van der Waals surface area contributed by atoms with Crippen LogP contribution < -0.4 is 0 Å². The van der Waals surface area contributed by atoms with Gasteiger partial charge in [-0.1, -0.05) is 12.1 Å². The van der Waals surface area contributed by atoms with Crippen LogP contribution in [-0.2, 0) is 10.2 Å². The van der Waals surface area contributed by atoms with Crippen molar-refractivity contribution >= 4 is 5.69 Å². The van der Waals surface area contributed by atoms with Gasteiger partial charge in [0, 0.05) is 17.5 Å². The lowest BCUT2D eigenvalue weighted by molar-refractivity contribution is -0.385. The van der Waals surface area contributed by atoms with Gasteiger partial charge in [0.25, 0.3) is 5.69 Å². The van der Waals surface area contributed by atoms with Gasteiger partial charge in [-0.2, -0.15) is 5.26 Å². The lowest BCUT2D eigenvalue weighted by Crippen LogP contribution is -2.59. The molecule has 2 fully saturated rings. The van der Waals surface area contributed by atoms with Crippen LogP contribution in [0.25, 0.3) is 0 Å². The highest BCUT2D eigenvalue weighted by Gasteiger charge is 2.59. The zero-order chi connectivity index (χ0) is 12.8. The molecule has 0 unspecified atom stereocenters. The van der Waals surface area contributed by atoms with E-state index in [1.54, 1.807) is 6.07 Å². The molecule has 18 heavy (non-hydrogen) atoms. The summed E-state index contributed by atoms with van der Waals surface area (Å²) in [7, 11) is 0. The normalized spacial score (nSPS) is 22.6. The van der Waals surface area contributed by atoms with Crippen LogP contribution in [0, 0.1) is 26.9 Å². The molecule has 1 aliphatic heterocycles. The van der Waals surface area contributed by atoms with E-state index in [0.717, 1.165) is 18.4 Å². The minimum Gasteiger partial charge on any atom is -0.380 e. The van der Waals surface area contributed by atoms with E-state index in [0.29, 0.717) is 13.2 Å². The lowest BCUT2D eigenvalue weighted by atomic mass is 9.50. The highest BCUT2D eigenvalue weighted by molar-refractivity contribution is 5.44. The minimum absolute atomic E-state index is 0.0490. The molecule has 0 radical (unpaired) electrons. The van der Waals surface area contributed by atoms with Crippen LogP contribution >= 0.6 is 0 Å². The topological polar surface area (TPSA) is 76.2 Å². The van der Waals surface area contributed by atoms with Crippen LogP contribution in [0.3, 0.4) is 0 Å². The first-order valence-corrected chi connectivity index (χ1v) is 5.83. The van der Waals surface area contributed by atoms with Gasteiger partial charge in [0.05, 0.1) is 29.6 Å². The van der Waals surface area contributed by atoms with Crippen molar-refractivity contribution in [1.82, 2.24) is 0 Å². The molecule has 2 aliphatic rings. The molecule has 1 spiro atoms. The van der Waals surface area contributed by atoms with Gasteiger partial charge >= 0.3 is 0 Å². The molecular weight excluding hydrogens is 232 g/mol. The monoisotopic (exact) mass is 244 g/mol. The Bertz CT molecular complexity index is 550. The fraction of sp³-hybridized carbons (Fsp3) is 0.462. The second kappa shape index (κ2) is 3.53. The molecule has 5 heteroatoms. The first kappa shape index (κ1) is 11.2. The molecule has 0 aromatic heterocycles. The van der Waals surface area contributed by atoms with Gasteiger partial charge in [-0.05, 0) is 18.4 Å². The number of nitriles is 1. The molecule has 1 aromatic rings. The Morgan fingerprint density at radius 3 is 2.61 bits per heavy atom. The van der Waals surface area contributed by atoms with Gasteiger partial charge in [0.1, 0.15) is 0 Å². The van der Waals surface area contributed by atoms with E-state index in [1.165, 1.54) is 12.1 Å². The molecule has 0 atom stereocenters. The average molecular weight is 244 g/mol. The van der Waals surface area contributed by atoms with Crippen LogP contribution in [-0.4, -0.2) is 18.1 Å². The molecule has 1 saturated heterocycles. The van der Waals surface area contributed by atoms with E-state index in [-0.39, 0.29) is 11.1 Å². The van der Waals surface area contributed by atoms with E-state index in [2.05, 4.69) is 6.07 Å². The number of nitro benzene ring substituents is 1. The summed E-state index contributed by atoms with van der Waals surface area (Å²) in [6.07, 6.45) is 1.50. The third kappa shape index (κ3) is 1.42. The van der Waals surface area contributed by atoms with Crippen LogP contribution in [0.15, 0.2) is 24.3 Å². The largest absolute Gasteiger partial charge is 0.380 e. The smallest absolute Gasteiger partial charge is 0.269 e. The lowest BCUT2D eigenvalue weighted by Gasteiger charge is -2.57. The third-order valence-corrected chi connectivity index (χ3v) is 3.99. The number of hydrogen-bond acceptors (Lipinski definition) is 4. The fourth-order valence-corrected chi connectivity index (χ4v) is 3.09. The summed E-state index contributed by atoms with van der Waals surface area (Å²) in [6, 6.07) is 8.78. The summed E-state index contributed by atoms with van der Waals surface area (Å²) in [6.45, 7) is 1.43. The summed E-state index contributed by atoms with van der Waals surface area (Å²) >= 11 is 0. The van der Waals surface area contributed by atoms with Crippen LogP contribution in [0.4, 0.5) is 5.69 Å². The number of nitro groups is 1. The number of benzene rings is 1. The van der Waals surface area contributed by atoms with E-state index in [9.17, 15) is 15.4 Å². The molecule has 0 N–H and O–H groups in total. The molecule has 1 aliphatic carbocycles. The Labute approximate surface area is 104 Å². The Kier molecular flexibility index (Phi) is 2.19. The van der Waals surface area contributed by atoms with Gasteiger partial charge in [-0.25, -0.2) is 0 Å². The molecule has 0 amide bonds. The van der Waals surface area contributed by atoms with Gasteiger partial charge in [-0.3, -0.25) is 10.1 Å². The number of nitrogens with zero attached hydrogens (tertiary/aromatic N) is 2. The molecule has 5 nitrogen and oxygen atoms in total. The Morgan fingerprint density at radius 2 is 2.11 bits per heavy atom. The van der Waals surface area contributed by atoms with Crippen LogP contribution in [0.5, 0.6) is 0 Å². The summed E-state index contributed by atoms with van der Waals surface area (Å²) < 4.78 is 5.20. The van der Waals surface area contributed by atoms with Crippen molar-refractivity contribution in [3.05, 3.63) is 39.9 Å². The number of rotatable bonds is 2. The van der Waals surface area contributed by atoms with Crippen molar-refractivity contribution in [2.45, 2.75) is 18.3 Å². The van der Waals surface area contributed by atoms with Crippen molar-refractivity contribution in [3.63, 3.8) is 0 Å². The second-order valence-corrected chi connectivity index (χ2v) is 5.35. The third-order valence-electron chi connectivity index (χ3n) is 3.99. The Morgan fingerprint density at radius 1 is 1.39 bits per heavy atom. The van der Waals surface area contributed by atoms with Crippen LogP contribution in [0.1, 0.15) is 18.4 Å². The first-order valence-electron chi connectivity index (χ1n) is 5.83. The van der Waals surface area contributed by atoms with Crippen molar-refractivity contribution < 1.29 is 9.66 Å². The van der Waals surface area contributed by atoms with E-state index in [4.69, 9.17) is 4.74 Å². The zero-order valence-electron chi connectivity index (χ0n) is 9.76. The summed E-state index contributed by atoms with van der Waals surface area (Å²) in [5, 5.41) is 20.2. The molecule has 3 rings (SSSR count). The second-order valence-electron chi connectivity index (χ2n) is 5.35. The van der Waals surface area contributed by atoms with Crippen LogP contribution in [0.2, 0.25) is 0 Å². The quantitative estimate of drug-likeness (QED) is 0.590. The van der Waals surface area contributed by atoms with Crippen molar-refractivity contribution in [3.8, 4) is 6.07 Å². The van der Waals surface area contributed by atoms with Gasteiger partial charge in [-0.15, -0.1) is 0 Å². The van der Waals surface area contributed by atoms with E-state index in [1.807, 2.05) is 6.07 Å². The van der Waals surface area contributed by atoms with E-state index < -0.39 is 10.3 Å². The SMILES string of the molecule is N#CC1(c2cccc([N+](=O)[O-])c2)CC2(COC2)C1. The minimum atomic E-state index is -0.560. The highest BCUT2D eigenvalue weighted by atomic mass is 16.6. The average Bonchev–Trinajstić information content (AvgIpc) is 2.27. The molecule has 1 aromatic carbocycles. The van der Waals surface area contributed by atoms with Crippen molar-refractivity contribution in [2.24, 2.45) is 5.41 Å². The maximum Gasteiger partial charge on any atom is 0.269 e. The number of non-ortho nitro benzene ring substituents is 1. The van der Waals surface area contributed by atoms with E-state index >= 15 is 0 Å². The summed E-state index contributed by atoms with van der Waals surface area (Å²) in [5.41, 5.74) is 0.403. The molecule has 0 bridgehead atoms. The van der Waals surface area contributed by atoms with Crippen molar-refractivity contribution in [1.29, 1.82) is 5.26 Å². The predicted octanol–water partition coefficient (Wildman–Crippen LogP) is 2.17. The van der Waals surface area contributed by atoms with Gasteiger partial charge < -0.3 is 4.74 Å². The maximum absolute atomic E-state index is 10.8. The Hall–Kier alpha value is -1.93. The molecule has 1 saturated carbocycles. The fourth-order valence-electron chi connectivity index (χ4n) is 3.09. The highest BCUT2D eigenvalue weighted by Crippen LogP contribution is 2.59. The van der Waals surface area contributed by atoms with Gasteiger partial charge in [0.15, 0.2) is 0 Å².